The Kier molecular flexibility index (Phi) is 8.77. The Hall–Kier alpha value is -2.68. The summed E-state index contributed by atoms with van der Waals surface area (Å²) in [5.41, 5.74) is 6.86. The first kappa shape index (κ1) is 25.4. The van der Waals surface area contributed by atoms with Crippen molar-refractivity contribution in [2.24, 2.45) is 5.73 Å². The largest absolute Gasteiger partial charge is 0.461 e. The van der Waals surface area contributed by atoms with Crippen molar-refractivity contribution in [3.63, 3.8) is 0 Å². The van der Waals surface area contributed by atoms with E-state index in [4.69, 9.17) is 5.73 Å². The Bertz CT molecular complexity index is 833. The van der Waals surface area contributed by atoms with Gasteiger partial charge in [0.05, 0.1) is 6.04 Å². The van der Waals surface area contributed by atoms with Crippen LogP contribution in [-0.2, 0) is 0 Å². The van der Waals surface area contributed by atoms with Crippen LogP contribution in [0, 0.1) is 6.92 Å². The number of alkyl halides is 4. The summed E-state index contributed by atoms with van der Waals surface area (Å²) in [5.74, 6) is -0.786. The van der Waals surface area contributed by atoms with Gasteiger partial charge in [-0.3, -0.25) is 9.78 Å². The fraction of sp³-hybridized carbons (Fsp3) is 0.429. The van der Waals surface area contributed by atoms with E-state index in [-0.39, 0.29) is 11.4 Å². The third-order valence-electron chi connectivity index (χ3n) is 3.37. The van der Waals surface area contributed by atoms with Crippen molar-refractivity contribution < 1.29 is 27.1 Å². The molecule has 2 rings (SSSR count). The molecule has 0 saturated carbocycles. The molecular weight excluding hydrogens is 402 g/mol. The van der Waals surface area contributed by atoms with Crippen LogP contribution in [0.4, 0.5) is 17.6 Å². The lowest BCUT2D eigenvalue weighted by atomic mass is 10.1. The molecule has 1 atom stereocenters. The zero-order chi connectivity index (χ0) is 23.1. The molecule has 0 radical (unpaired) electrons. The van der Waals surface area contributed by atoms with Crippen molar-refractivity contribution in [1.29, 1.82) is 0 Å². The number of aryl methyl sites for hydroxylation is 1. The molecule has 0 spiro atoms. The number of pyridine rings is 1. The van der Waals surface area contributed by atoms with Crippen LogP contribution in [0.15, 0.2) is 42.6 Å². The van der Waals surface area contributed by atoms with E-state index in [2.05, 4.69) is 15.0 Å². The van der Waals surface area contributed by atoms with Crippen molar-refractivity contribution in [2.45, 2.75) is 58.7 Å². The predicted molar refractivity (Wildman–Crippen MR) is 107 cm³/mol. The van der Waals surface area contributed by atoms with Crippen molar-refractivity contribution >= 4 is 5.91 Å². The Balaban J connectivity index is 0.000000804. The molecule has 5 nitrogen and oxygen atoms in total. The van der Waals surface area contributed by atoms with Gasteiger partial charge in [-0.25, -0.2) is 0 Å². The lowest BCUT2D eigenvalue weighted by Gasteiger charge is -2.19. The second-order valence-electron chi connectivity index (χ2n) is 7.78. The number of amides is 1. The van der Waals surface area contributed by atoms with E-state index in [0.29, 0.717) is 16.8 Å². The highest BCUT2D eigenvalue weighted by atomic mass is 19.3. The normalized spacial score (nSPS) is 12.6. The Labute approximate surface area is 173 Å². The summed E-state index contributed by atoms with van der Waals surface area (Å²) < 4.78 is 54.5. The zero-order valence-electron chi connectivity index (χ0n) is 17.5. The van der Waals surface area contributed by atoms with Gasteiger partial charge in [-0.15, -0.1) is 0 Å². The molecular formula is C21H27F4N3O2. The van der Waals surface area contributed by atoms with Gasteiger partial charge in [0, 0.05) is 23.0 Å². The number of nitrogens with two attached hydrogens (primary N) is 1. The molecule has 1 heterocycles. The molecule has 0 fully saturated rings. The molecule has 166 valence electrons. The lowest BCUT2D eigenvalue weighted by Crippen LogP contribution is -2.33. The summed E-state index contributed by atoms with van der Waals surface area (Å²) in [6.07, 6.45) is -7.03. The maximum Gasteiger partial charge on any atom is 0.461 e. The third kappa shape index (κ3) is 9.21. The van der Waals surface area contributed by atoms with Crippen LogP contribution in [0.3, 0.4) is 0 Å². The number of hydrogen-bond acceptors (Lipinski definition) is 4. The van der Waals surface area contributed by atoms with Gasteiger partial charge in [0.1, 0.15) is 5.75 Å². The van der Waals surface area contributed by atoms with Gasteiger partial charge in [-0.05, 0) is 64.4 Å². The summed E-state index contributed by atoms with van der Waals surface area (Å²) >= 11 is 0. The highest BCUT2D eigenvalue weighted by molar-refractivity contribution is 5.94. The van der Waals surface area contributed by atoms with Gasteiger partial charge < -0.3 is 15.8 Å². The molecule has 0 aliphatic heterocycles. The van der Waals surface area contributed by atoms with E-state index in [1.54, 1.807) is 26.0 Å². The minimum atomic E-state index is -4.58. The van der Waals surface area contributed by atoms with Crippen LogP contribution < -0.4 is 15.8 Å². The Morgan fingerprint density at radius 3 is 2.30 bits per heavy atom. The molecule has 1 aromatic heterocycles. The number of carbonyl (C=O) groups excluding carboxylic acids is 1. The van der Waals surface area contributed by atoms with Gasteiger partial charge in [0.25, 0.3) is 5.91 Å². The molecule has 1 aromatic carbocycles. The molecule has 30 heavy (non-hydrogen) atoms. The highest BCUT2D eigenvalue weighted by Gasteiger charge is 2.44. The monoisotopic (exact) mass is 429 g/mol. The van der Waals surface area contributed by atoms with E-state index in [1.165, 1.54) is 24.4 Å². The van der Waals surface area contributed by atoms with Gasteiger partial charge in [0.2, 0.25) is 0 Å². The second-order valence-corrected chi connectivity index (χ2v) is 7.78. The smallest absolute Gasteiger partial charge is 0.428 e. The SMILES string of the molecule is CC(C)(C)N.Cc1cc(C(=O)NC(C)c2cccc(OC(F)(F)C(F)F)c2)ccn1. The average molecular weight is 429 g/mol. The van der Waals surface area contributed by atoms with E-state index >= 15 is 0 Å². The molecule has 1 unspecified atom stereocenters. The first-order chi connectivity index (χ1) is 13.7. The number of rotatable bonds is 6. The van der Waals surface area contributed by atoms with Gasteiger partial charge >= 0.3 is 12.5 Å². The standard InChI is InChI=1S/C17H16F4N2O2.C4H11N/c1-10-8-13(6-7-22-10)15(24)23-11(2)12-4-3-5-14(9-12)25-17(20,21)16(18)19;1-4(2,3)5/h3-9,11,16H,1-2H3,(H,23,24);5H2,1-3H3. The first-order valence-electron chi connectivity index (χ1n) is 9.16. The lowest BCUT2D eigenvalue weighted by molar-refractivity contribution is -0.253. The summed E-state index contributed by atoms with van der Waals surface area (Å²) in [4.78, 5) is 16.2. The fourth-order valence-corrected chi connectivity index (χ4v) is 2.10. The number of halogens is 4. The Morgan fingerprint density at radius 1 is 1.17 bits per heavy atom. The quantitative estimate of drug-likeness (QED) is 0.643. The van der Waals surface area contributed by atoms with Crippen molar-refractivity contribution in [3.05, 3.63) is 59.4 Å². The minimum Gasteiger partial charge on any atom is -0.428 e. The van der Waals surface area contributed by atoms with Crippen LogP contribution >= 0.6 is 0 Å². The van der Waals surface area contributed by atoms with E-state index < -0.39 is 24.3 Å². The van der Waals surface area contributed by atoms with Gasteiger partial charge in [0.15, 0.2) is 0 Å². The number of ether oxygens (including phenoxy) is 1. The fourth-order valence-electron chi connectivity index (χ4n) is 2.10. The van der Waals surface area contributed by atoms with Crippen molar-refractivity contribution in [1.82, 2.24) is 10.3 Å². The third-order valence-corrected chi connectivity index (χ3v) is 3.37. The van der Waals surface area contributed by atoms with Crippen LogP contribution in [0.1, 0.15) is 55.4 Å². The van der Waals surface area contributed by atoms with Crippen LogP contribution in [0.2, 0.25) is 0 Å². The van der Waals surface area contributed by atoms with E-state index in [9.17, 15) is 22.4 Å². The van der Waals surface area contributed by atoms with Gasteiger partial charge in [-0.1, -0.05) is 12.1 Å². The molecule has 0 aliphatic rings. The molecule has 3 N–H and O–H groups in total. The van der Waals surface area contributed by atoms with Crippen LogP contribution in [0.25, 0.3) is 0 Å². The van der Waals surface area contributed by atoms with E-state index in [0.717, 1.165) is 6.07 Å². The summed E-state index contributed by atoms with van der Waals surface area (Å²) in [7, 11) is 0. The number of aromatic nitrogens is 1. The Morgan fingerprint density at radius 2 is 1.77 bits per heavy atom. The minimum absolute atomic E-state index is 0. The number of hydrogen-bond donors (Lipinski definition) is 2. The summed E-state index contributed by atoms with van der Waals surface area (Å²) in [6.45, 7) is 9.27. The maximum absolute atomic E-state index is 13.0. The molecule has 2 aromatic rings. The number of nitrogens with zero attached hydrogens (tertiary/aromatic N) is 1. The van der Waals surface area contributed by atoms with Gasteiger partial charge in [-0.2, -0.15) is 17.6 Å². The predicted octanol–water partition coefficient (Wildman–Crippen LogP) is 4.86. The van der Waals surface area contributed by atoms with E-state index in [1.807, 2.05) is 20.8 Å². The molecule has 0 saturated heterocycles. The summed E-state index contributed by atoms with van der Waals surface area (Å²) in [6, 6.07) is 7.86. The van der Waals surface area contributed by atoms with Crippen LogP contribution in [0.5, 0.6) is 5.75 Å². The topological polar surface area (TPSA) is 77.2 Å². The zero-order valence-corrected chi connectivity index (χ0v) is 17.5. The molecule has 9 heteroatoms. The number of nitrogens with one attached hydrogen (secondary N) is 1. The van der Waals surface area contributed by atoms with Crippen molar-refractivity contribution in [2.75, 3.05) is 0 Å². The van der Waals surface area contributed by atoms with Crippen molar-refractivity contribution in [3.8, 4) is 5.75 Å². The average Bonchev–Trinajstić information content (AvgIpc) is 2.60. The molecule has 0 bridgehead atoms. The number of carbonyl (C=O) groups is 1. The number of benzene rings is 1. The second kappa shape index (κ2) is 10.4. The highest BCUT2D eigenvalue weighted by Crippen LogP contribution is 2.29. The molecule has 0 aliphatic carbocycles. The van der Waals surface area contributed by atoms with Crippen LogP contribution in [-0.4, -0.2) is 29.0 Å². The molecule has 1 amide bonds. The first-order valence-corrected chi connectivity index (χ1v) is 9.16. The maximum atomic E-state index is 13.0. The summed E-state index contributed by atoms with van der Waals surface area (Å²) in [5, 5.41) is 2.69.